The number of hydrogen-bond acceptors (Lipinski definition) is 4. The highest BCUT2D eigenvalue weighted by molar-refractivity contribution is 5.70. The van der Waals surface area contributed by atoms with E-state index in [4.69, 9.17) is 19.7 Å². The predicted octanol–water partition coefficient (Wildman–Crippen LogP) is 5.20. The van der Waals surface area contributed by atoms with Gasteiger partial charge in [-0.3, -0.25) is 0 Å². The Morgan fingerprint density at radius 3 is 2.52 bits per heavy atom. The summed E-state index contributed by atoms with van der Waals surface area (Å²) < 4.78 is 11.5. The molecule has 0 atom stereocenters. The molecule has 29 heavy (non-hydrogen) atoms. The third kappa shape index (κ3) is 4.12. The van der Waals surface area contributed by atoms with Crippen LogP contribution in [0.4, 0.5) is 0 Å². The molecule has 3 aromatic carbocycles. The molecule has 0 aliphatic carbocycles. The van der Waals surface area contributed by atoms with E-state index in [9.17, 15) is 0 Å². The van der Waals surface area contributed by atoms with Crippen molar-refractivity contribution in [2.24, 2.45) is 0 Å². The smallest absolute Gasteiger partial charge is 0.138 e. The van der Waals surface area contributed by atoms with Crippen LogP contribution in [0.2, 0.25) is 0 Å². The lowest BCUT2D eigenvalue weighted by Gasteiger charge is -2.11. The summed E-state index contributed by atoms with van der Waals surface area (Å²) in [6.45, 7) is 0.411. The second-order valence-corrected chi connectivity index (χ2v) is 6.46. The first-order valence-electron chi connectivity index (χ1n) is 9.18. The molecule has 4 rings (SSSR count). The Bertz CT molecular complexity index is 1140. The Morgan fingerprint density at radius 2 is 1.79 bits per heavy atom. The van der Waals surface area contributed by atoms with Gasteiger partial charge < -0.3 is 14.5 Å². The van der Waals surface area contributed by atoms with Crippen molar-refractivity contribution in [2.75, 3.05) is 7.11 Å². The van der Waals surface area contributed by atoms with E-state index in [1.54, 1.807) is 19.2 Å². The van der Waals surface area contributed by atoms with Gasteiger partial charge in [-0.05, 0) is 29.8 Å². The van der Waals surface area contributed by atoms with Crippen LogP contribution in [-0.4, -0.2) is 17.1 Å². The molecule has 0 radical (unpaired) electrons. The maximum Gasteiger partial charge on any atom is 0.138 e. The van der Waals surface area contributed by atoms with Crippen LogP contribution in [0.25, 0.3) is 22.6 Å². The molecule has 0 saturated carbocycles. The van der Waals surface area contributed by atoms with Crippen LogP contribution < -0.4 is 9.47 Å². The summed E-state index contributed by atoms with van der Waals surface area (Å²) in [5.41, 5.74) is 4.34. The van der Waals surface area contributed by atoms with Crippen LogP contribution in [0, 0.1) is 11.3 Å². The van der Waals surface area contributed by atoms with Crippen LogP contribution in [0.3, 0.4) is 0 Å². The lowest BCUT2D eigenvalue weighted by molar-refractivity contribution is 0.304. The number of rotatable bonds is 6. The fourth-order valence-electron chi connectivity index (χ4n) is 3.02. The van der Waals surface area contributed by atoms with Crippen molar-refractivity contribution in [2.45, 2.75) is 6.61 Å². The van der Waals surface area contributed by atoms with Crippen molar-refractivity contribution < 1.29 is 9.47 Å². The molecule has 0 aliphatic rings. The SMILES string of the molecule is COc1cc(OCc2ccc(C#N)cc2)ccc1-c1c[nH]c(-c2ccccc2)n1. The number of imidazole rings is 1. The average molecular weight is 381 g/mol. The number of methoxy groups -OCH3 is 1. The van der Waals surface area contributed by atoms with E-state index in [1.807, 2.05) is 66.9 Å². The zero-order valence-electron chi connectivity index (χ0n) is 15.9. The summed E-state index contributed by atoms with van der Waals surface area (Å²) in [4.78, 5) is 7.92. The molecule has 4 aromatic rings. The molecule has 0 saturated heterocycles. The number of nitriles is 1. The molecule has 142 valence electrons. The normalized spacial score (nSPS) is 10.3. The van der Waals surface area contributed by atoms with E-state index >= 15 is 0 Å². The molecule has 0 spiro atoms. The van der Waals surface area contributed by atoms with Crippen molar-refractivity contribution in [1.29, 1.82) is 5.26 Å². The lowest BCUT2D eigenvalue weighted by Crippen LogP contribution is -1.97. The third-order valence-corrected chi connectivity index (χ3v) is 4.56. The summed E-state index contributed by atoms with van der Waals surface area (Å²) in [5, 5.41) is 8.88. The molecule has 5 heteroatoms. The highest BCUT2D eigenvalue weighted by Gasteiger charge is 2.12. The van der Waals surface area contributed by atoms with Crippen molar-refractivity contribution in [3.05, 3.63) is 90.1 Å². The number of aromatic amines is 1. The van der Waals surface area contributed by atoms with Crippen LogP contribution in [-0.2, 0) is 6.61 Å². The maximum absolute atomic E-state index is 8.88. The van der Waals surface area contributed by atoms with Gasteiger partial charge in [0.25, 0.3) is 0 Å². The van der Waals surface area contributed by atoms with Gasteiger partial charge in [0.2, 0.25) is 0 Å². The summed E-state index contributed by atoms with van der Waals surface area (Å²) in [5.74, 6) is 2.20. The molecular weight excluding hydrogens is 362 g/mol. The molecule has 0 unspecified atom stereocenters. The number of ether oxygens (including phenoxy) is 2. The van der Waals surface area contributed by atoms with E-state index in [1.165, 1.54) is 0 Å². The molecule has 0 amide bonds. The molecule has 1 heterocycles. The topological polar surface area (TPSA) is 70.9 Å². The summed E-state index contributed by atoms with van der Waals surface area (Å²) in [6.07, 6.45) is 1.87. The highest BCUT2D eigenvalue weighted by atomic mass is 16.5. The second kappa shape index (κ2) is 8.32. The number of aromatic nitrogens is 2. The number of hydrogen-bond donors (Lipinski definition) is 1. The first-order valence-corrected chi connectivity index (χ1v) is 9.18. The van der Waals surface area contributed by atoms with E-state index in [2.05, 4.69) is 11.1 Å². The summed E-state index contributed by atoms with van der Waals surface area (Å²) >= 11 is 0. The van der Waals surface area contributed by atoms with Crippen LogP contribution in [0.5, 0.6) is 11.5 Å². The van der Waals surface area contributed by atoms with Crippen molar-refractivity contribution in [1.82, 2.24) is 9.97 Å². The van der Waals surface area contributed by atoms with Crippen molar-refractivity contribution in [3.8, 4) is 40.2 Å². The van der Waals surface area contributed by atoms with Gasteiger partial charge in [0.1, 0.15) is 23.9 Å². The first kappa shape index (κ1) is 18.3. The van der Waals surface area contributed by atoms with Gasteiger partial charge in [0.05, 0.1) is 24.4 Å². The minimum atomic E-state index is 0.411. The Hall–Kier alpha value is -4.04. The summed E-state index contributed by atoms with van der Waals surface area (Å²) in [6, 6.07) is 25.1. The molecule has 1 N–H and O–H groups in total. The van der Waals surface area contributed by atoms with Crippen LogP contribution in [0.15, 0.2) is 79.0 Å². The Balaban J connectivity index is 1.52. The Labute approximate surface area is 169 Å². The number of benzene rings is 3. The van der Waals surface area contributed by atoms with Gasteiger partial charge in [-0.25, -0.2) is 4.98 Å². The minimum absolute atomic E-state index is 0.411. The molecule has 5 nitrogen and oxygen atoms in total. The molecule has 0 bridgehead atoms. The van der Waals surface area contributed by atoms with Crippen LogP contribution >= 0.6 is 0 Å². The fraction of sp³-hybridized carbons (Fsp3) is 0.0833. The number of nitrogens with one attached hydrogen (secondary N) is 1. The largest absolute Gasteiger partial charge is 0.496 e. The van der Waals surface area contributed by atoms with Gasteiger partial charge in [-0.2, -0.15) is 5.26 Å². The second-order valence-electron chi connectivity index (χ2n) is 6.46. The summed E-state index contributed by atoms with van der Waals surface area (Å²) in [7, 11) is 1.63. The zero-order chi connectivity index (χ0) is 20.1. The van der Waals surface area contributed by atoms with E-state index in [0.29, 0.717) is 23.7 Å². The number of H-pyrrole nitrogens is 1. The monoisotopic (exact) mass is 381 g/mol. The van der Waals surface area contributed by atoms with Gasteiger partial charge in [-0.15, -0.1) is 0 Å². The zero-order valence-corrected chi connectivity index (χ0v) is 15.9. The van der Waals surface area contributed by atoms with Gasteiger partial charge >= 0.3 is 0 Å². The lowest BCUT2D eigenvalue weighted by atomic mass is 10.1. The van der Waals surface area contributed by atoms with Crippen molar-refractivity contribution in [3.63, 3.8) is 0 Å². The molecule has 0 aliphatic heterocycles. The Morgan fingerprint density at radius 1 is 1.00 bits per heavy atom. The predicted molar refractivity (Wildman–Crippen MR) is 112 cm³/mol. The Kier molecular flexibility index (Phi) is 5.26. The van der Waals surface area contributed by atoms with E-state index in [0.717, 1.165) is 28.2 Å². The third-order valence-electron chi connectivity index (χ3n) is 4.56. The molecular formula is C24H19N3O2. The van der Waals surface area contributed by atoms with E-state index < -0.39 is 0 Å². The first-order chi connectivity index (χ1) is 14.3. The highest BCUT2D eigenvalue weighted by Crippen LogP contribution is 2.33. The van der Waals surface area contributed by atoms with Crippen molar-refractivity contribution >= 4 is 0 Å². The maximum atomic E-state index is 8.88. The molecule has 1 aromatic heterocycles. The standard InChI is InChI=1S/C24H19N3O2/c1-28-23-13-20(29-16-18-9-7-17(14-25)8-10-18)11-12-21(23)22-15-26-24(27-22)19-5-3-2-4-6-19/h2-13,15H,16H2,1H3,(H,26,27). The van der Waals surface area contributed by atoms with E-state index in [-0.39, 0.29) is 0 Å². The van der Waals surface area contributed by atoms with Gasteiger partial charge in [-0.1, -0.05) is 42.5 Å². The minimum Gasteiger partial charge on any atom is -0.496 e. The van der Waals surface area contributed by atoms with Gasteiger partial charge in [0.15, 0.2) is 0 Å². The van der Waals surface area contributed by atoms with Gasteiger partial charge in [0, 0.05) is 23.4 Å². The molecule has 0 fully saturated rings. The average Bonchev–Trinajstić information content (AvgIpc) is 3.28. The van der Waals surface area contributed by atoms with Crippen LogP contribution in [0.1, 0.15) is 11.1 Å². The quantitative estimate of drug-likeness (QED) is 0.498. The number of nitrogens with zero attached hydrogens (tertiary/aromatic N) is 2. The fourth-order valence-corrected chi connectivity index (χ4v) is 3.02.